The molecule has 0 saturated carbocycles. The zero-order chi connectivity index (χ0) is 14.0. The van der Waals surface area contributed by atoms with E-state index < -0.39 is 0 Å². The van der Waals surface area contributed by atoms with Crippen LogP contribution in [0.3, 0.4) is 0 Å². The van der Waals surface area contributed by atoms with Crippen molar-refractivity contribution >= 4 is 0 Å². The summed E-state index contributed by atoms with van der Waals surface area (Å²) in [6.07, 6.45) is 0.880. The zero-order valence-electron chi connectivity index (χ0n) is 12.0. The molecule has 1 aromatic heterocycles. The number of nitrogens with two attached hydrogens (primary N) is 1. The van der Waals surface area contributed by atoms with Gasteiger partial charge in [0.05, 0.1) is 5.69 Å². The Morgan fingerprint density at radius 2 is 2.00 bits per heavy atom. The lowest BCUT2D eigenvalue weighted by atomic mass is 10.0. The van der Waals surface area contributed by atoms with E-state index >= 15 is 0 Å². The van der Waals surface area contributed by atoms with Crippen LogP contribution in [-0.2, 0) is 7.05 Å². The van der Waals surface area contributed by atoms with E-state index in [2.05, 4.69) is 12.0 Å². The lowest BCUT2D eigenvalue weighted by molar-refractivity contribution is 0.461. The predicted octanol–water partition coefficient (Wildman–Crippen LogP) is 3.24. The Hall–Kier alpha value is -1.81. The third-order valence-electron chi connectivity index (χ3n) is 3.41. The molecule has 102 valence electrons. The maximum atomic E-state index is 6.13. The van der Waals surface area contributed by atoms with Crippen LogP contribution in [-0.4, -0.2) is 9.78 Å². The normalized spacial score (nSPS) is 12.5. The highest BCUT2D eigenvalue weighted by atomic mass is 16.5. The molecule has 1 aromatic carbocycles. The average molecular weight is 259 g/mol. The Kier molecular flexibility index (Phi) is 3.90. The van der Waals surface area contributed by atoms with Crippen molar-refractivity contribution in [3.63, 3.8) is 0 Å². The summed E-state index contributed by atoms with van der Waals surface area (Å²) in [4.78, 5) is 0. The average Bonchev–Trinajstić information content (AvgIpc) is 2.65. The van der Waals surface area contributed by atoms with Gasteiger partial charge in [0.15, 0.2) is 5.75 Å². The second kappa shape index (κ2) is 5.45. The Bertz CT molecular complexity index is 575. The second-order valence-electron chi connectivity index (χ2n) is 4.78. The van der Waals surface area contributed by atoms with Gasteiger partial charge in [-0.3, -0.25) is 4.68 Å². The molecule has 4 nitrogen and oxygen atoms in total. The van der Waals surface area contributed by atoms with Gasteiger partial charge in [-0.05, 0) is 26.3 Å². The van der Waals surface area contributed by atoms with Crippen LogP contribution in [0.5, 0.6) is 11.5 Å². The fourth-order valence-electron chi connectivity index (χ4n) is 2.11. The second-order valence-corrected chi connectivity index (χ2v) is 4.78. The number of benzene rings is 1. The molecule has 0 bridgehead atoms. The van der Waals surface area contributed by atoms with E-state index in [1.165, 1.54) is 0 Å². The van der Waals surface area contributed by atoms with Crippen molar-refractivity contribution in [1.82, 2.24) is 9.78 Å². The summed E-state index contributed by atoms with van der Waals surface area (Å²) >= 11 is 0. The number of aryl methyl sites for hydroxylation is 2. The standard InChI is InChI=1S/C15H21N3O/c1-5-13(16)12-8-6-7-9-14(12)19-15-10(2)17-18(4)11(15)3/h6-9,13H,5,16H2,1-4H3. The Morgan fingerprint density at radius 3 is 2.58 bits per heavy atom. The first kappa shape index (κ1) is 13.6. The lowest BCUT2D eigenvalue weighted by Gasteiger charge is -2.15. The molecule has 0 radical (unpaired) electrons. The number of para-hydroxylation sites is 1. The molecule has 0 spiro atoms. The van der Waals surface area contributed by atoms with Crippen molar-refractivity contribution in [1.29, 1.82) is 0 Å². The third-order valence-corrected chi connectivity index (χ3v) is 3.41. The maximum absolute atomic E-state index is 6.13. The molecular formula is C15H21N3O. The number of ether oxygens (including phenoxy) is 1. The van der Waals surface area contributed by atoms with E-state index in [1.54, 1.807) is 0 Å². The summed E-state index contributed by atoms with van der Waals surface area (Å²) in [7, 11) is 1.92. The van der Waals surface area contributed by atoms with Crippen molar-refractivity contribution in [2.45, 2.75) is 33.2 Å². The molecule has 1 heterocycles. The van der Waals surface area contributed by atoms with Gasteiger partial charge in [0.25, 0.3) is 0 Å². The molecular weight excluding hydrogens is 238 g/mol. The highest BCUT2D eigenvalue weighted by molar-refractivity contribution is 5.42. The summed E-state index contributed by atoms with van der Waals surface area (Å²) in [5.41, 5.74) is 9.06. The monoisotopic (exact) mass is 259 g/mol. The van der Waals surface area contributed by atoms with Crippen molar-refractivity contribution in [3.05, 3.63) is 41.2 Å². The van der Waals surface area contributed by atoms with E-state index in [4.69, 9.17) is 10.5 Å². The van der Waals surface area contributed by atoms with Gasteiger partial charge < -0.3 is 10.5 Å². The summed E-state index contributed by atoms with van der Waals surface area (Å²) in [5, 5.41) is 4.36. The number of aromatic nitrogens is 2. The van der Waals surface area contributed by atoms with E-state index in [1.807, 2.05) is 49.8 Å². The summed E-state index contributed by atoms with van der Waals surface area (Å²) < 4.78 is 7.88. The molecule has 0 fully saturated rings. The molecule has 0 saturated heterocycles. The van der Waals surface area contributed by atoms with Crippen LogP contribution < -0.4 is 10.5 Å². The first-order valence-corrected chi connectivity index (χ1v) is 6.57. The fourth-order valence-corrected chi connectivity index (χ4v) is 2.11. The number of rotatable bonds is 4. The van der Waals surface area contributed by atoms with Crippen molar-refractivity contribution in [2.24, 2.45) is 12.8 Å². The van der Waals surface area contributed by atoms with Gasteiger partial charge in [-0.25, -0.2) is 0 Å². The highest BCUT2D eigenvalue weighted by Gasteiger charge is 2.15. The summed E-state index contributed by atoms with van der Waals surface area (Å²) in [6, 6.07) is 7.91. The van der Waals surface area contributed by atoms with E-state index in [0.29, 0.717) is 0 Å². The predicted molar refractivity (Wildman–Crippen MR) is 76.4 cm³/mol. The zero-order valence-corrected chi connectivity index (χ0v) is 12.0. The van der Waals surface area contributed by atoms with Crippen LogP contribution in [0, 0.1) is 13.8 Å². The minimum atomic E-state index is -0.00603. The fraction of sp³-hybridized carbons (Fsp3) is 0.400. The first-order chi connectivity index (χ1) is 9.04. The van der Waals surface area contributed by atoms with Gasteiger partial charge in [0, 0.05) is 18.7 Å². The molecule has 4 heteroatoms. The van der Waals surface area contributed by atoms with Crippen molar-refractivity contribution in [2.75, 3.05) is 0 Å². The van der Waals surface area contributed by atoms with Crippen molar-refractivity contribution < 1.29 is 4.74 Å². The van der Waals surface area contributed by atoms with E-state index in [9.17, 15) is 0 Å². The summed E-state index contributed by atoms with van der Waals surface area (Å²) in [5.74, 6) is 1.63. The van der Waals surface area contributed by atoms with Gasteiger partial charge in [-0.2, -0.15) is 5.10 Å². The largest absolute Gasteiger partial charge is 0.453 e. The van der Waals surface area contributed by atoms with Gasteiger partial charge in [-0.1, -0.05) is 25.1 Å². The van der Waals surface area contributed by atoms with Crippen LogP contribution >= 0.6 is 0 Å². The summed E-state index contributed by atoms with van der Waals surface area (Å²) in [6.45, 7) is 6.02. The number of hydrogen-bond donors (Lipinski definition) is 1. The SMILES string of the molecule is CCC(N)c1ccccc1Oc1c(C)nn(C)c1C. The number of nitrogens with zero attached hydrogens (tertiary/aromatic N) is 2. The van der Waals surface area contributed by atoms with Gasteiger partial charge in [0.1, 0.15) is 11.4 Å². The van der Waals surface area contributed by atoms with Gasteiger partial charge >= 0.3 is 0 Å². The third kappa shape index (κ3) is 2.63. The lowest BCUT2D eigenvalue weighted by Crippen LogP contribution is -2.09. The van der Waals surface area contributed by atoms with Crippen LogP contribution in [0.1, 0.15) is 36.3 Å². The molecule has 1 atom stereocenters. The van der Waals surface area contributed by atoms with Gasteiger partial charge in [-0.15, -0.1) is 0 Å². The molecule has 0 aliphatic rings. The molecule has 2 aromatic rings. The van der Waals surface area contributed by atoms with Gasteiger partial charge in [0.2, 0.25) is 0 Å². The first-order valence-electron chi connectivity index (χ1n) is 6.57. The molecule has 2 rings (SSSR count). The van der Waals surface area contributed by atoms with Crippen LogP contribution in [0.2, 0.25) is 0 Å². The Morgan fingerprint density at radius 1 is 1.32 bits per heavy atom. The van der Waals surface area contributed by atoms with Crippen molar-refractivity contribution in [3.8, 4) is 11.5 Å². The molecule has 2 N–H and O–H groups in total. The molecule has 0 amide bonds. The minimum absolute atomic E-state index is 0.00603. The topological polar surface area (TPSA) is 53.1 Å². The highest BCUT2D eigenvalue weighted by Crippen LogP contribution is 2.32. The van der Waals surface area contributed by atoms with Crippen LogP contribution in [0.15, 0.2) is 24.3 Å². The quantitative estimate of drug-likeness (QED) is 0.917. The Labute approximate surface area is 114 Å². The van der Waals surface area contributed by atoms with E-state index in [-0.39, 0.29) is 6.04 Å². The van der Waals surface area contributed by atoms with E-state index in [0.717, 1.165) is 34.9 Å². The molecule has 0 aliphatic heterocycles. The molecule has 19 heavy (non-hydrogen) atoms. The Balaban J connectivity index is 2.38. The number of hydrogen-bond acceptors (Lipinski definition) is 3. The minimum Gasteiger partial charge on any atom is -0.453 e. The van der Waals surface area contributed by atoms with Crippen LogP contribution in [0.4, 0.5) is 0 Å². The molecule has 1 unspecified atom stereocenters. The van der Waals surface area contributed by atoms with Crippen LogP contribution in [0.25, 0.3) is 0 Å². The maximum Gasteiger partial charge on any atom is 0.171 e. The molecule has 0 aliphatic carbocycles. The smallest absolute Gasteiger partial charge is 0.171 e.